The number of halogens is 1. The van der Waals surface area contributed by atoms with Crippen LogP contribution in [-0.2, 0) is 9.47 Å². The largest absolute Gasteiger partial charge is 0.382 e. The van der Waals surface area contributed by atoms with Crippen LogP contribution in [0.15, 0.2) is 24.3 Å². The fraction of sp³-hybridized carbons (Fsp3) is 0.562. The minimum absolute atomic E-state index is 0.134. The van der Waals surface area contributed by atoms with E-state index < -0.39 is 0 Å². The van der Waals surface area contributed by atoms with E-state index >= 15 is 0 Å². The van der Waals surface area contributed by atoms with Crippen LogP contribution in [-0.4, -0.2) is 51.0 Å². The van der Waals surface area contributed by atoms with Crippen molar-refractivity contribution in [2.24, 2.45) is 5.92 Å². The summed E-state index contributed by atoms with van der Waals surface area (Å²) in [6.07, 6.45) is 1.87. The van der Waals surface area contributed by atoms with E-state index in [0.717, 1.165) is 19.4 Å². The number of ether oxygens (including phenoxy) is 2. The molecule has 1 saturated heterocycles. The minimum Gasteiger partial charge on any atom is -0.382 e. The van der Waals surface area contributed by atoms with Gasteiger partial charge in [-0.25, -0.2) is 9.18 Å². The molecule has 122 valence electrons. The first-order valence-electron chi connectivity index (χ1n) is 7.57. The summed E-state index contributed by atoms with van der Waals surface area (Å²) in [5, 5.41) is 2.79. The highest BCUT2D eigenvalue weighted by Crippen LogP contribution is 2.18. The number of carbonyl (C=O) groups is 1. The van der Waals surface area contributed by atoms with E-state index in [-0.39, 0.29) is 11.8 Å². The molecule has 1 aliphatic heterocycles. The Labute approximate surface area is 130 Å². The van der Waals surface area contributed by atoms with Gasteiger partial charge in [-0.15, -0.1) is 0 Å². The number of likely N-dealkylation sites (tertiary alicyclic amines) is 1. The molecule has 1 N–H and O–H groups in total. The van der Waals surface area contributed by atoms with Crippen molar-refractivity contribution in [3.05, 3.63) is 30.1 Å². The number of urea groups is 1. The number of benzene rings is 1. The lowest BCUT2D eigenvalue weighted by Crippen LogP contribution is -2.41. The Balaban J connectivity index is 1.69. The molecule has 0 spiro atoms. The van der Waals surface area contributed by atoms with Crippen LogP contribution in [0.1, 0.15) is 12.8 Å². The van der Waals surface area contributed by atoms with Gasteiger partial charge in [-0.2, -0.15) is 0 Å². The minimum atomic E-state index is -0.313. The van der Waals surface area contributed by atoms with Crippen molar-refractivity contribution < 1.29 is 18.7 Å². The molecule has 0 aliphatic carbocycles. The molecule has 5 nitrogen and oxygen atoms in total. The molecule has 1 fully saturated rings. The molecular formula is C16H23FN2O3. The van der Waals surface area contributed by atoms with Crippen molar-refractivity contribution >= 4 is 11.7 Å². The summed E-state index contributed by atoms with van der Waals surface area (Å²) < 4.78 is 23.3. The van der Waals surface area contributed by atoms with Gasteiger partial charge in [0.05, 0.1) is 13.2 Å². The summed E-state index contributed by atoms with van der Waals surface area (Å²) >= 11 is 0. The summed E-state index contributed by atoms with van der Waals surface area (Å²) in [4.78, 5) is 13.9. The highest BCUT2D eigenvalue weighted by atomic mass is 19.1. The van der Waals surface area contributed by atoms with E-state index in [0.29, 0.717) is 37.9 Å². The molecule has 6 heteroatoms. The van der Waals surface area contributed by atoms with E-state index in [1.165, 1.54) is 12.1 Å². The first kappa shape index (κ1) is 16.7. The molecule has 22 heavy (non-hydrogen) atoms. The second-order valence-corrected chi connectivity index (χ2v) is 5.44. The van der Waals surface area contributed by atoms with Gasteiger partial charge in [-0.3, -0.25) is 0 Å². The van der Waals surface area contributed by atoms with Gasteiger partial charge in [0.25, 0.3) is 0 Å². The zero-order valence-corrected chi connectivity index (χ0v) is 12.9. The van der Waals surface area contributed by atoms with Crippen LogP contribution in [0.5, 0.6) is 0 Å². The molecular weight excluding hydrogens is 287 g/mol. The van der Waals surface area contributed by atoms with Gasteiger partial charge >= 0.3 is 6.03 Å². The standard InChI is InChI=1S/C16H23FN2O3/c1-21-10-11-22-12-13-6-8-19(9-7-13)16(20)18-15-4-2-14(17)3-5-15/h2-5,13H,6-12H2,1H3,(H,18,20). The van der Waals surface area contributed by atoms with Crippen molar-refractivity contribution in [1.82, 2.24) is 4.90 Å². The van der Waals surface area contributed by atoms with E-state index in [2.05, 4.69) is 5.32 Å². The lowest BCUT2D eigenvalue weighted by molar-refractivity contribution is 0.0386. The fourth-order valence-corrected chi connectivity index (χ4v) is 2.43. The molecule has 2 amide bonds. The maximum Gasteiger partial charge on any atom is 0.321 e. The maximum atomic E-state index is 12.8. The third-order valence-electron chi connectivity index (χ3n) is 3.78. The average molecular weight is 310 g/mol. The van der Waals surface area contributed by atoms with Gasteiger partial charge in [-0.1, -0.05) is 0 Å². The third-order valence-corrected chi connectivity index (χ3v) is 3.78. The molecule has 0 aromatic heterocycles. The summed E-state index contributed by atoms with van der Waals surface area (Å²) in [6.45, 7) is 3.37. The van der Waals surface area contributed by atoms with Gasteiger partial charge in [0.15, 0.2) is 0 Å². The topological polar surface area (TPSA) is 50.8 Å². The summed E-state index contributed by atoms with van der Waals surface area (Å²) in [5.41, 5.74) is 0.608. The van der Waals surface area contributed by atoms with Crippen molar-refractivity contribution in [3.8, 4) is 0 Å². The SMILES string of the molecule is COCCOCC1CCN(C(=O)Nc2ccc(F)cc2)CC1. The summed E-state index contributed by atoms with van der Waals surface area (Å²) in [5.74, 6) is 0.180. The number of amides is 2. The molecule has 0 saturated carbocycles. The Kier molecular flexibility index (Phi) is 6.61. The van der Waals surface area contributed by atoms with E-state index in [1.807, 2.05) is 0 Å². The Morgan fingerprint density at radius 1 is 1.27 bits per heavy atom. The normalized spacial score (nSPS) is 15.8. The smallest absolute Gasteiger partial charge is 0.321 e. The second-order valence-electron chi connectivity index (χ2n) is 5.44. The van der Waals surface area contributed by atoms with Crippen LogP contribution in [0, 0.1) is 11.7 Å². The molecule has 1 heterocycles. The quantitative estimate of drug-likeness (QED) is 0.822. The molecule has 0 bridgehead atoms. The molecule has 1 aromatic carbocycles. The van der Waals surface area contributed by atoms with Gasteiger partial charge in [-0.05, 0) is 43.0 Å². The zero-order valence-electron chi connectivity index (χ0n) is 12.9. The molecule has 0 unspecified atom stereocenters. The highest BCUT2D eigenvalue weighted by molar-refractivity contribution is 5.89. The number of piperidine rings is 1. The first-order valence-corrected chi connectivity index (χ1v) is 7.57. The van der Waals surface area contributed by atoms with Crippen LogP contribution in [0.3, 0.4) is 0 Å². The number of methoxy groups -OCH3 is 1. The van der Waals surface area contributed by atoms with Crippen LogP contribution in [0.4, 0.5) is 14.9 Å². The van der Waals surface area contributed by atoms with Crippen LogP contribution in [0.2, 0.25) is 0 Å². The molecule has 0 atom stereocenters. The number of carbonyl (C=O) groups excluding carboxylic acids is 1. The van der Waals surface area contributed by atoms with Crippen molar-refractivity contribution in [1.29, 1.82) is 0 Å². The first-order chi connectivity index (χ1) is 10.7. The van der Waals surface area contributed by atoms with Gasteiger partial charge in [0.1, 0.15) is 5.82 Å². The molecule has 1 aliphatic rings. The van der Waals surface area contributed by atoms with Crippen LogP contribution < -0.4 is 5.32 Å². The van der Waals surface area contributed by atoms with Gasteiger partial charge in [0, 0.05) is 32.5 Å². The predicted octanol–water partition coefficient (Wildman–Crippen LogP) is 2.73. The van der Waals surface area contributed by atoms with Crippen molar-refractivity contribution in [2.75, 3.05) is 45.3 Å². The maximum absolute atomic E-state index is 12.8. The third kappa shape index (κ3) is 5.27. The molecule has 1 aromatic rings. The Hall–Kier alpha value is -1.66. The Morgan fingerprint density at radius 2 is 1.95 bits per heavy atom. The van der Waals surface area contributed by atoms with E-state index in [9.17, 15) is 9.18 Å². The number of hydrogen-bond acceptors (Lipinski definition) is 3. The van der Waals surface area contributed by atoms with Crippen LogP contribution >= 0.6 is 0 Å². The number of hydrogen-bond donors (Lipinski definition) is 1. The lowest BCUT2D eigenvalue weighted by atomic mass is 9.98. The Bertz CT molecular complexity index is 459. The van der Waals surface area contributed by atoms with Crippen molar-refractivity contribution in [2.45, 2.75) is 12.8 Å². The summed E-state index contributed by atoms with van der Waals surface area (Å²) in [7, 11) is 1.65. The fourth-order valence-electron chi connectivity index (χ4n) is 2.43. The van der Waals surface area contributed by atoms with E-state index in [4.69, 9.17) is 9.47 Å². The highest BCUT2D eigenvalue weighted by Gasteiger charge is 2.22. The van der Waals surface area contributed by atoms with Crippen molar-refractivity contribution in [3.63, 3.8) is 0 Å². The predicted molar refractivity (Wildman–Crippen MR) is 82.4 cm³/mol. The average Bonchev–Trinajstić information content (AvgIpc) is 2.54. The zero-order chi connectivity index (χ0) is 15.8. The Morgan fingerprint density at radius 3 is 2.59 bits per heavy atom. The van der Waals surface area contributed by atoms with Gasteiger partial charge in [0.2, 0.25) is 0 Å². The second kappa shape index (κ2) is 8.70. The number of anilines is 1. The molecule has 0 radical (unpaired) electrons. The van der Waals surface area contributed by atoms with Crippen LogP contribution in [0.25, 0.3) is 0 Å². The number of rotatable bonds is 6. The summed E-state index contributed by atoms with van der Waals surface area (Å²) in [6, 6.07) is 5.65. The monoisotopic (exact) mass is 310 g/mol. The number of nitrogens with one attached hydrogen (secondary N) is 1. The number of nitrogens with zero attached hydrogens (tertiary/aromatic N) is 1. The van der Waals surface area contributed by atoms with Gasteiger partial charge < -0.3 is 19.7 Å². The molecule has 2 rings (SSSR count). The lowest BCUT2D eigenvalue weighted by Gasteiger charge is -2.31. The van der Waals surface area contributed by atoms with E-state index in [1.54, 1.807) is 24.1 Å².